The number of isothiocyanates is 2. The summed E-state index contributed by atoms with van der Waals surface area (Å²) in [6.07, 6.45) is 6.89. The molecule has 0 aliphatic carbocycles. The zero-order valence-electron chi connectivity index (χ0n) is 15.4. The molecule has 0 aliphatic rings. The monoisotopic (exact) mass is 430 g/mol. The molecule has 0 saturated heterocycles. The van der Waals surface area contributed by atoms with Gasteiger partial charge < -0.3 is 20.0 Å². The molecule has 0 radical (unpaired) electrons. The molecule has 0 unspecified atom stereocenters. The maximum Gasteiger partial charge on any atom is 2.00 e. The molecule has 8 nitrogen and oxygen atoms in total. The Morgan fingerprint density at radius 2 is 0.840 bits per heavy atom. The molecule has 0 amide bonds. The van der Waals surface area contributed by atoms with Crippen molar-refractivity contribution in [1.29, 1.82) is 0 Å². The van der Waals surface area contributed by atoms with Crippen molar-refractivity contribution >= 4 is 34.8 Å². The van der Waals surface area contributed by atoms with Crippen LogP contribution in [0.15, 0.2) is 25.3 Å². The number of hydrogen-bond acceptors (Lipinski definition) is 6. The van der Waals surface area contributed by atoms with Crippen molar-refractivity contribution in [2.75, 3.05) is 0 Å². The van der Waals surface area contributed by atoms with Gasteiger partial charge in [-0.2, -0.15) is 10.3 Å². The van der Waals surface area contributed by atoms with Gasteiger partial charge in [-0.1, -0.05) is 24.4 Å². The average Bonchev–Trinajstić information content (AvgIpc) is 3.14. The summed E-state index contributed by atoms with van der Waals surface area (Å²) in [7, 11) is 0. The summed E-state index contributed by atoms with van der Waals surface area (Å²) in [5, 5.41) is 31.7. The summed E-state index contributed by atoms with van der Waals surface area (Å²) in [5.74, 6) is 0. The first-order chi connectivity index (χ1) is 11.0. The second-order valence-electron chi connectivity index (χ2n) is 6.26. The Labute approximate surface area is 172 Å². The predicted octanol–water partition coefficient (Wildman–Crippen LogP) is 3.38. The molecule has 0 fully saturated rings. The van der Waals surface area contributed by atoms with E-state index < -0.39 is 0 Å². The second-order valence-corrected chi connectivity index (χ2v) is 6.63. The van der Waals surface area contributed by atoms with Crippen LogP contribution in [0.5, 0.6) is 0 Å². The van der Waals surface area contributed by atoms with Gasteiger partial charge in [0.1, 0.15) is 25.3 Å². The summed E-state index contributed by atoms with van der Waals surface area (Å²) in [4.78, 5) is 0. The summed E-state index contributed by atoms with van der Waals surface area (Å²) >= 11 is 7.40. The van der Waals surface area contributed by atoms with Crippen LogP contribution in [0.4, 0.5) is 0 Å². The van der Waals surface area contributed by atoms with E-state index in [2.05, 4.69) is 86.4 Å². The van der Waals surface area contributed by atoms with Crippen molar-refractivity contribution < 1.29 is 19.5 Å². The van der Waals surface area contributed by atoms with E-state index in [1.807, 2.05) is 9.13 Å². The van der Waals surface area contributed by atoms with Crippen LogP contribution >= 0.6 is 24.4 Å². The van der Waals surface area contributed by atoms with Crippen LogP contribution in [-0.2, 0) is 30.6 Å². The summed E-state index contributed by atoms with van der Waals surface area (Å²) < 4.78 is 3.93. The zero-order chi connectivity index (χ0) is 19.2. The molecule has 0 aromatic carbocycles. The van der Waals surface area contributed by atoms with Crippen molar-refractivity contribution in [1.82, 2.24) is 29.5 Å². The first-order valence-electron chi connectivity index (χ1n) is 6.77. The molecule has 11 heteroatoms. The molecule has 0 atom stereocenters. The number of aromatic nitrogens is 6. The van der Waals surface area contributed by atoms with E-state index in [0.717, 1.165) is 0 Å². The first kappa shape index (κ1) is 28.3. The van der Waals surface area contributed by atoms with Gasteiger partial charge in [0, 0.05) is 11.1 Å². The first-order valence-corrected chi connectivity index (χ1v) is 7.58. The largest absolute Gasteiger partial charge is 2.00 e. The Bertz CT molecular complexity index is 544. The third-order valence-electron chi connectivity index (χ3n) is 2.39. The van der Waals surface area contributed by atoms with Crippen LogP contribution in [0.25, 0.3) is 10.8 Å². The fourth-order valence-electron chi connectivity index (χ4n) is 1.09. The van der Waals surface area contributed by atoms with Gasteiger partial charge in [-0.25, -0.2) is 0 Å². The Balaban J connectivity index is -0.000000287. The molecule has 0 bridgehead atoms. The van der Waals surface area contributed by atoms with E-state index in [0.29, 0.717) is 0 Å². The maximum atomic E-state index is 7.13. The number of rotatable bonds is 0. The van der Waals surface area contributed by atoms with Crippen LogP contribution in [0.3, 0.4) is 0 Å². The quantitative estimate of drug-likeness (QED) is 0.359. The molecule has 0 N–H and O–H groups in total. The van der Waals surface area contributed by atoms with Crippen LogP contribution in [0.1, 0.15) is 41.5 Å². The number of nitrogens with zero attached hydrogens (tertiary/aromatic N) is 8. The van der Waals surface area contributed by atoms with Crippen molar-refractivity contribution in [3.8, 4) is 0 Å². The maximum absolute atomic E-state index is 7.13. The standard InChI is InChI=1S/2C6H11N3.2CNS.Zn/c2*1-6(2,3)9-4-7-8-5-9;2*2-1-3;/h2*4-5H,1-3H3;;;/q;;2*-1;+2. The van der Waals surface area contributed by atoms with Crippen molar-refractivity contribution in [3.05, 3.63) is 36.1 Å². The van der Waals surface area contributed by atoms with Gasteiger partial charge in [-0.05, 0) is 41.5 Å². The normalized spacial score (nSPS) is 9.20. The Morgan fingerprint density at radius 3 is 0.920 bits per heavy atom. The molecule has 0 spiro atoms. The Kier molecular flexibility index (Phi) is 16.8. The van der Waals surface area contributed by atoms with Crippen molar-refractivity contribution in [2.45, 2.75) is 52.6 Å². The SMILES string of the molecule is CC(C)(C)n1cnnc1.CC(C)(C)n1cnnc1.[N-]=C=S.[N-]=C=S.[Zn+2]. The van der Waals surface area contributed by atoms with Gasteiger partial charge in [-0.15, -0.1) is 20.4 Å². The zero-order valence-corrected chi connectivity index (χ0v) is 20.0. The van der Waals surface area contributed by atoms with E-state index in [9.17, 15) is 0 Å². The molecular formula is C14H22N8S2Zn. The van der Waals surface area contributed by atoms with Gasteiger partial charge in [0.05, 0.1) is 0 Å². The van der Waals surface area contributed by atoms with E-state index in [1.165, 1.54) is 10.3 Å². The van der Waals surface area contributed by atoms with E-state index in [4.69, 9.17) is 10.8 Å². The van der Waals surface area contributed by atoms with E-state index >= 15 is 0 Å². The minimum absolute atomic E-state index is 0. The van der Waals surface area contributed by atoms with Gasteiger partial charge in [0.15, 0.2) is 0 Å². The molecular weight excluding hydrogens is 410 g/mol. The number of hydrogen-bond donors (Lipinski definition) is 0. The van der Waals surface area contributed by atoms with E-state index in [1.54, 1.807) is 25.3 Å². The molecule has 25 heavy (non-hydrogen) atoms. The minimum atomic E-state index is 0. The molecule has 2 heterocycles. The van der Waals surface area contributed by atoms with Crippen molar-refractivity contribution in [2.24, 2.45) is 0 Å². The summed E-state index contributed by atoms with van der Waals surface area (Å²) in [6.45, 7) is 12.6. The number of thiocarbonyl (C=S) groups is 2. The fraction of sp³-hybridized carbons (Fsp3) is 0.571. The van der Waals surface area contributed by atoms with E-state index in [-0.39, 0.29) is 30.6 Å². The third-order valence-corrected chi connectivity index (χ3v) is 2.39. The predicted molar refractivity (Wildman–Crippen MR) is 102 cm³/mol. The fourth-order valence-corrected chi connectivity index (χ4v) is 1.09. The van der Waals surface area contributed by atoms with Crippen LogP contribution < -0.4 is 0 Å². The molecule has 2 aromatic heterocycles. The van der Waals surface area contributed by atoms with Gasteiger partial charge in [-0.3, -0.25) is 0 Å². The summed E-state index contributed by atoms with van der Waals surface area (Å²) in [6, 6.07) is 0. The third kappa shape index (κ3) is 15.8. The Morgan fingerprint density at radius 1 is 0.680 bits per heavy atom. The van der Waals surface area contributed by atoms with Crippen LogP contribution in [-0.4, -0.2) is 39.9 Å². The minimum Gasteiger partial charge on any atom is -0.753 e. The van der Waals surface area contributed by atoms with Crippen LogP contribution in [0.2, 0.25) is 0 Å². The van der Waals surface area contributed by atoms with Gasteiger partial charge in [0.25, 0.3) is 0 Å². The van der Waals surface area contributed by atoms with Gasteiger partial charge >= 0.3 is 19.5 Å². The second kappa shape index (κ2) is 14.8. The van der Waals surface area contributed by atoms with Crippen LogP contribution in [0, 0.1) is 0 Å². The average molecular weight is 432 g/mol. The Hall–Kier alpha value is -1.50. The van der Waals surface area contributed by atoms with Crippen molar-refractivity contribution in [3.63, 3.8) is 0 Å². The molecule has 2 aromatic rings. The smallest absolute Gasteiger partial charge is 0.753 e. The molecule has 0 aliphatic heterocycles. The molecule has 2 rings (SSSR count). The molecule has 0 saturated carbocycles. The summed E-state index contributed by atoms with van der Waals surface area (Å²) in [5.41, 5.74) is 0.229. The van der Waals surface area contributed by atoms with Gasteiger partial charge in [0.2, 0.25) is 0 Å². The molecule has 132 valence electrons. The topological polar surface area (TPSA) is 106 Å².